The molecule has 7 nitrogen and oxygen atoms in total. The van der Waals surface area contributed by atoms with Gasteiger partial charge in [-0.2, -0.15) is 4.72 Å². The third-order valence-electron chi connectivity index (χ3n) is 6.13. The van der Waals surface area contributed by atoms with E-state index < -0.39 is 28.0 Å². The maximum Gasteiger partial charge on any atom is 0.322 e. The molecule has 1 aromatic heterocycles. The van der Waals surface area contributed by atoms with E-state index in [1.54, 1.807) is 26.0 Å². The number of carbonyl (C=O) groups is 1. The van der Waals surface area contributed by atoms with Gasteiger partial charge in [0, 0.05) is 21.1 Å². The Kier molecular flexibility index (Phi) is 7.99. The van der Waals surface area contributed by atoms with Gasteiger partial charge in [-0.05, 0) is 76.3 Å². The summed E-state index contributed by atoms with van der Waals surface area (Å²) in [7, 11) is -3.97. The number of aliphatic carboxylic acids is 1. The second-order valence-corrected chi connectivity index (χ2v) is 12.0. The molecule has 0 unspecified atom stereocenters. The summed E-state index contributed by atoms with van der Waals surface area (Å²) in [4.78, 5) is 11.4. The van der Waals surface area contributed by atoms with Crippen molar-refractivity contribution in [2.45, 2.75) is 38.3 Å². The first kappa shape index (κ1) is 27.2. The number of halogens is 2. The van der Waals surface area contributed by atoms with Gasteiger partial charge in [-0.25, -0.2) is 8.42 Å². The minimum absolute atomic E-state index is 0.00905. The van der Waals surface area contributed by atoms with E-state index in [1.807, 2.05) is 43.3 Å². The van der Waals surface area contributed by atoms with Crippen LogP contribution in [-0.4, -0.2) is 25.5 Å². The number of hydrogen-bond acceptors (Lipinski definition) is 5. The molecule has 0 fully saturated rings. The average Bonchev–Trinajstić information content (AvgIpc) is 3.19. The van der Waals surface area contributed by atoms with Crippen molar-refractivity contribution in [3.05, 3.63) is 81.5 Å². The van der Waals surface area contributed by atoms with E-state index >= 15 is 0 Å². The Morgan fingerprint density at radius 3 is 2.19 bits per heavy atom. The van der Waals surface area contributed by atoms with Crippen molar-refractivity contribution in [3.8, 4) is 11.1 Å². The monoisotopic (exact) mass is 604 g/mol. The first-order valence-corrected chi connectivity index (χ1v) is 14.2. The molecule has 4 aromatic rings. The summed E-state index contributed by atoms with van der Waals surface area (Å²) in [6, 6.07) is 16.6. The number of nitrogens with one attached hydrogen (secondary N) is 2. The maximum absolute atomic E-state index is 12.6. The molecule has 194 valence electrons. The summed E-state index contributed by atoms with van der Waals surface area (Å²) >= 11 is 9.88. The molecule has 10 heteroatoms. The Hall–Kier alpha value is -2.85. The van der Waals surface area contributed by atoms with Crippen molar-refractivity contribution >= 4 is 60.2 Å². The van der Waals surface area contributed by atoms with Crippen LogP contribution < -0.4 is 10.0 Å². The Morgan fingerprint density at radius 1 is 1.03 bits per heavy atom. The Balaban J connectivity index is 1.45. The van der Waals surface area contributed by atoms with Crippen LogP contribution in [0.25, 0.3) is 22.1 Å². The lowest BCUT2D eigenvalue weighted by molar-refractivity contribution is -0.140. The van der Waals surface area contributed by atoms with E-state index in [1.165, 1.54) is 12.1 Å². The van der Waals surface area contributed by atoms with Gasteiger partial charge in [0.25, 0.3) is 0 Å². The van der Waals surface area contributed by atoms with Crippen molar-refractivity contribution in [2.75, 3.05) is 5.32 Å². The molecule has 0 aliphatic rings. The molecule has 0 saturated carbocycles. The molecule has 0 aliphatic carbocycles. The lowest BCUT2D eigenvalue weighted by Gasteiger charge is -2.18. The van der Waals surface area contributed by atoms with Crippen LogP contribution in [0.1, 0.15) is 25.2 Å². The van der Waals surface area contributed by atoms with Gasteiger partial charge in [0.1, 0.15) is 17.4 Å². The van der Waals surface area contributed by atoms with Gasteiger partial charge in [0.05, 0.1) is 16.5 Å². The molecule has 3 aromatic carbocycles. The van der Waals surface area contributed by atoms with Gasteiger partial charge in [-0.1, -0.05) is 49.7 Å². The topological polar surface area (TPSA) is 109 Å². The highest BCUT2D eigenvalue weighted by Crippen LogP contribution is 2.36. The number of fused-ring (bicyclic) bond motifs is 1. The number of anilines is 1. The zero-order valence-corrected chi connectivity index (χ0v) is 23.5. The summed E-state index contributed by atoms with van der Waals surface area (Å²) in [5, 5.41) is 14.2. The van der Waals surface area contributed by atoms with Crippen LogP contribution in [0.3, 0.4) is 0 Å². The van der Waals surface area contributed by atoms with Gasteiger partial charge in [-0.15, -0.1) is 0 Å². The van der Waals surface area contributed by atoms with Crippen molar-refractivity contribution in [2.24, 2.45) is 5.92 Å². The minimum Gasteiger partial charge on any atom is -0.480 e. The first-order valence-electron chi connectivity index (χ1n) is 11.5. The van der Waals surface area contributed by atoms with Crippen LogP contribution in [0.15, 0.2) is 74.4 Å². The van der Waals surface area contributed by atoms with Crippen molar-refractivity contribution in [1.29, 1.82) is 0 Å². The minimum atomic E-state index is -3.97. The number of hydrogen-bond donors (Lipinski definition) is 3. The Bertz CT molecular complexity index is 1550. The zero-order valence-electron chi connectivity index (χ0n) is 20.4. The van der Waals surface area contributed by atoms with Crippen LogP contribution in [0.2, 0.25) is 5.02 Å². The molecule has 37 heavy (non-hydrogen) atoms. The van der Waals surface area contributed by atoms with Crippen molar-refractivity contribution in [3.63, 3.8) is 0 Å². The SMILES string of the molecule is Cc1c(CNc2ccc(-c3ccc(S(=O)(=O)N[C@H](C(=O)O)C(C)C)cc3)cc2)oc2ccc(Br)c(Cl)c12. The van der Waals surface area contributed by atoms with Gasteiger partial charge >= 0.3 is 5.97 Å². The number of sulfonamides is 1. The molecule has 1 atom stereocenters. The number of carboxylic acid groups (broad SMARTS) is 1. The lowest BCUT2D eigenvalue weighted by atomic mass is 10.1. The highest BCUT2D eigenvalue weighted by Gasteiger charge is 2.28. The van der Waals surface area contributed by atoms with Crippen LogP contribution in [-0.2, 0) is 21.4 Å². The molecular weight excluding hydrogens is 580 g/mol. The van der Waals surface area contributed by atoms with Gasteiger partial charge < -0.3 is 14.8 Å². The molecule has 0 radical (unpaired) electrons. The molecule has 1 heterocycles. The number of benzene rings is 3. The first-order chi connectivity index (χ1) is 17.5. The molecular formula is C27H26BrClN2O5S. The van der Waals surface area contributed by atoms with Crippen LogP contribution in [0, 0.1) is 12.8 Å². The summed E-state index contributed by atoms with van der Waals surface area (Å²) in [6.07, 6.45) is 0. The van der Waals surface area contributed by atoms with Gasteiger partial charge in [0.15, 0.2) is 0 Å². The quantitative estimate of drug-likeness (QED) is 0.193. The fourth-order valence-electron chi connectivity index (χ4n) is 3.98. The normalized spacial score (nSPS) is 12.7. The molecule has 0 bridgehead atoms. The van der Waals surface area contributed by atoms with E-state index in [4.69, 9.17) is 16.0 Å². The average molecular weight is 606 g/mol. The zero-order chi connectivity index (χ0) is 26.9. The third kappa shape index (κ3) is 5.85. The molecule has 0 spiro atoms. The largest absolute Gasteiger partial charge is 0.480 e. The lowest BCUT2D eigenvalue weighted by Crippen LogP contribution is -2.44. The highest BCUT2D eigenvalue weighted by molar-refractivity contribution is 9.10. The van der Waals surface area contributed by atoms with Crippen molar-refractivity contribution < 1.29 is 22.7 Å². The van der Waals surface area contributed by atoms with Crippen LogP contribution in [0.5, 0.6) is 0 Å². The number of rotatable bonds is 9. The maximum atomic E-state index is 12.6. The standard InChI is InChI=1S/C27H26BrClN2O5S/c1-15(2)26(27(32)33)31-37(34,35)20-10-6-18(7-11-20)17-4-8-19(9-5-17)30-14-23-16(3)24-22(36-23)13-12-21(28)25(24)29/h4-13,15,26,30-31H,14H2,1-3H3,(H,32,33)/t26-/m0/s1. The van der Waals surface area contributed by atoms with E-state index in [-0.39, 0.29) is 4.90 Å². The second-order valence-electron chi connectivity index (χ2n) is 9.02. The predicted octanol–water partition coefficient (Wildman–Crippen LogP) is 6.82. The van der Waals surface area contributed by atoms with E-state index in [9.17, 15) is 18.3 Å². The molecule has 0 aliphatic heterocycles. The van der Waals surface area contributed by atoms with Crippen LogP contribution in [0.4, 0.5) is 5.69 Å². The van der Waals surface area contributed by atoms with E-state index in [0.717, 1.165) is 43.6 Å². The smallest absolute Gasteiger partial charge is 0.322 e. The summed E-state index contributed by atoms with van der Waals surface area (Å²) in [5.41, 5.74) is 4.36. The molecule has 4 rings (SSSR count). The summed E-state index contributed by atoms with van der Waals surface area (Å²) in [5.74, 6) is -0.808. The number of aryl methyl sites for hydroxylation is 1. The van der Waals surface area contributed by atoms with E-state index in [0.29, 0.717) is 11.6 Å². The molecule has 0 saturated heterocycles. The van der Waals surface area contributed by atoms with Gasteiger partial charge in [0.2, 0.25) is 10.0 Å². The van der Waals surface area contributed by atoms with Gasteiger partial charge in [-0.3, -0.25) is 4.79 Å². The Labute approximate surface area is 229 Å². The molecule has 0 amide bonds. The Morgan fingerprint density at radius 2 is 1.62 bits per heavy atom. The summed E-state index contributed by atoms with van der Waals surface area (Å²) in [6.45, 7) is 5.76. The highest BCUT2D eigenvalue weighted by atomic mass is 79.9. The second kappa shape index (κ2) is 10.9. The fraction of sp³-hybridized carbons (Fsp3) is 0.222. The predicted molar refractivity (Wildman–Crippen MR) is 149 cm³/mol. The van der Waals surface area contributed by atoms with Crippen LogP contribution >= 0.6 is 27.5 Å². The summed E-state index contributed by atoms with van der Waals surface area (Å²) < 4.78 is 34.4. The molecule has 3 N–H and O–H groups in total. The number of furan rings is 1. The van der Waals surface area contributed by atoms with Crippen molar-refractivity contribution in [1.82, 2.24) is 4.72 Å². The van der Waals surface area contributed by atoms with E-state index in [2.05, 4.69) is 26.0 Å². The fourth-order valence-corrected chi connectivity index (χ4v) is 5.95. The number of carboxylic acids is 1. The third-order valence-corrected chi connectivity index (χ3v) is 8.87.